The number of benzene rings is 3. The number of anilines is 2. The van der Waals surface area contributed by atoms with Gasteiger partial charge in [0, 0.05) is 11.8 Å². The summed E-state index contributed by atoms with van der Waals surface area (Å²) in [5.41, 5.74) is -0.176. The molecule has 0 fully saturated rings. The number of nitrogens with zero attached hydrogens (tertiary/aromatic N) is 2. The van der Waals surface area contributed by atoms with E-state index in [2.05, 4.69) is 5.32 Å². The molecular weight excluding hydrogens is 504 g/mol. The number of para-hydroxylation sites is 2. The van der Waals surface area contributed by atoms with Gasteiger partial charge >= 0.3 is 11.7 Å². The van der Waals surface area contributed by atoms with E-state index >= 15 is 0 Å². The lowest BCUT2D eigenvalue weighted by atomic mass is 10.2. The smallest absolute Gasteiger partial charge is 0.343 e. The highest BCUT2D eigenvalue weighted by atomic mass is 35.5. The molecule has 0 atom stereocenters. The Labute approximate surface area is 206 Å². The molecule has 2 amide bonds. The summed E-state index contributed by atoms with van der Waals surface area (Å²) in [5.74, 6) is -3.38. The van der Waals surface area contributed by atoms with Crippen molar-refractivity contribution in [1.29, 1.82) is 0 Å². The number of esters is 1. The van der Waals surface area contributed by atoms with Crippen LogP contribution in [0.1, 0.15) is 10.4 Å². The third-order valence-electron chi connectivity index (χ3n) is 4.84. The van der Waals surface area contributed by atoms with Crippen molar-refractivity contribution in [3.8, 4) is 5.75 Å². The molecular formula is C23H12Cl2FN3O6. The van der Waals surface area contributed by atoms with E-state index in [0.717, 1.165) is 17.0 Å². The maximum absolute atomic E-state index is 13.5. The van der Waals surface area contributed by atoms with Crippen LogP contribution in [0.15, 0.2) is 77.5 Å². The first kappa shape index (κ1) is 23.9. The van der Waals surface area contributed by atoms with Gasteiger partial charge in [-0.1, -0.05) is 35.3 Å². The van der Waals surface area contributed by atoms with Crippen molar-refractivity contribution >= 4 is 58.0 Å². The molecule has 3 aromatic carbocycles. The van der Waals surface area contributed by atoms with E-state index in [1.165, 1.54) is 54.6 Å². The van der Waals surface area contributed by atoms with Crippen LogP contribution in [0.2, 0.25) is 5.02 Å². The van der Waals surface area contributed by atoms with Gasteiger partial charge in [-0.05, 0) is 48.5 Å². The number of nitro groups is 1. The van der Waals surface area contributed by atoms with Crippen LogP contribution >= 0.6 is 23.2 Å². The zero-order valence-corrected chi connectivity index (χ0v) is 18.8. The van der Waals surface area contributed by atoms with E-state index in [4.69, 9.17) is 27.9 Å². The van der Waals surface area contributed by atoms with E-state index < -0.39 is 33.6 Å². The number of carbonyl (C=O) groups is 3. The molecule has 1 heterocycles. The van der Waals surface area contributed by atoms with Crippen molar-refractivity contribution in [3.63, 3.8) is 0 Å². The van der Waals surface area contributed by atoms with Crippen molar-refractivity contribution < 1.29 is 28.4 Å². The number of hydrogen-bond acceptors (Lipinski definition) is 7. The Bertz CT molecular complexity index is 1430. The van der Waals surface area contributed by atoms with Crippen LogP contribution in [0.4, 0.5) is 21.5 Å². The molecule has 4 rings (SSSR count). The molecule has 0 bridgehead atoms. The molecule has 0 aromatic heterocycles. The topological polar surface area (TPSA) is 119 Å². The Morgan fingerprint density at radius 2 is 1.69 bits per heavy atom. The fourth-order valence-electron chi connectivity index (χ4n) is 3.16. The summed E-state index contributed by atoms with van der Waals surface area (Å²) in [4.78, 5) is 48.9. The predicted octanol–water partition coefficient (Wildman–Crippen LogP) is 5.04. The molecule has 35 heavy (non-hydrogen) atoms. The van der Waals surface area contributed by atoms with Gasteiger partial charge in [0.15, 0.2) is 0 Å². The van der Waals surface area contributed by atoms with Crippen molar-refractivity contribution in [3.05, 3.63) is 104 Å². The van der Waals surface area contributed by atoms with E-state index in [9.17, 15) is 28.9 Å². The van der Waals surface area contributed by atoms with Gasteiger partial charge in [-0.15, -0.1) is 0 Å². The van der Waals surface area contributed by atoms with Gasteiger partial charge in [0.1, 0.15) is 16.5 Å². The quantitative estimate of drug-likeness (QED) is 0.160. The highest BCUT2D eigenvalue weighted by Gasteiger charge is 2.39. The fourth-order valence-corrected chi connectivity index (χ4v) is 3.54. The molecule has 0 spiro atoms. The van der Waals surface area contributed by atoms with Crippen molar-refractivity contribution in [2.75, 3.05) is 10.2 Å². The van der Waals surface area contributed by atoms with Gasteiger partial charge in [0.2, 0.25) is 5.75 Å². The number of carbonyl (C=O) groups excluding carboxylic acids is 3. The minimum atomic E-state index is -0.838. The van der Waals surface area contributed by atoms with Crippen LogP contribution in [-0.4, -0.2) is 22.7 Å². The average Bonchev–Trinajstić information content (AvgIpc) is 3.04. The lowest BCUT2D eigenvalue weighted by molar-refractivity contribution is -0.385. The van der Waals surface area contributed by atoms with Gasteiger partial charge in [-0.2, -0.15) is 0 Å². The maximum Gasteiger partial charge on any atom is 0.343 e. The molecule has 0 saturated carbocycles. The Hall–Kier alpha value is -4.28. The Kier molecular flexibility index (Phi) is 6.50. The van der Waals surface area contributed by atoms with Crippen molar-refractivity contribution in [2.24, 2.45) is 0 Å². The Morgan fingerprint density at radius 3 is 2.34 bits per heavy atom. The number of ether oxygens (including phenoxy) is 1. The second-order valence-corrected chi connectivity index (χ2v) is 7.83. The van der Waals surface area contributed by atoms with E-state index in [0.29, 0.717) is 5.69 Å². The van der Waals surface area contributed by atoms with Crippen LogP contribution < -0.4 is 15.0 Å². The summed E-state index contributed by atoms with van der Waals surface area (Å²) in [5, 5.41) is 13.1. The first-order valence-electron chi connectivity index (χ1n) is 9.73. The summed E-state index contributed by atoms with van der Waals surface area (Å²) in [7, 11) is 0. The number of imide groups is 1. The van der Waals surface area contributed by atoms with Crippen LogP contribution in [0.3, 0.4) is 0 Å². The SMILES string of the molecule is O=C(Oc1ccccc1[N+](=O)[O-])c1ccc(NC2=C(Cl)C(=O)N(c3ccc(F)c(Cl)c3)C2=O)cc1. The van der Waals surface area contributed by atoms with Crippen molar-refractivity contribution in [2.45, 2.75) is 0 Å². The number of nitro benzene ring substituents is 1. The highest BCUT2D eigenvalue weighted by Crippen LogP contribution is 2.32. The molecule has 3 aromatic rings. The summed E-state index contributed by atoms with van der Waals surface area (Å²) < 4.78 is 18.6. The van der Waals surface area contributed by atoms with E-state index in [1.54, 1.807) is 0 Å². The van der Waals surface area contributed by atoms with Gasteiger partial charge in [-0.25, -0.2) is 14.1 Å². The third kappa shape index (κ3) is 4.70. The van der Waals surface area contributed by atoms with Gasteiger partial charge in [0.25, 0.3) is 11.8 Å². The van der Waals surface area contributed by atoms with Crippen molar-refractivity contribution in [1.82, 2.24) is 0 Å². The summed E-state index contributed by atoms with van der Waals surface area (Å²) in [6.07, 6.45) is 0. The molecule has 0 saturated heterocycles. The summed E-state index contributed by atoms with van der Waals surface area (Å²) in [6, 6.07) is 14.3. The van der Waals surface area contributed by atoms with Crippen LogP contribution in [-0.2, 0) is 9.59 Å². The number of amides is 2. The monoisotopic (exact) mass is 515 g/mol. The first-order chi connectivity index (χ1) is 16.7. The molecule has 1 aliphatic rings. The van der Waals surface area contributed by atoms with Crippen LogP contribution in [0, 0.1) is 15.9 Å². The van der Waals surface area contributed by atoms with Gasteiger partial charge < -0.3 is 10.1 Å². The molecule has 0 aliphatic carbocycles. The Balaban J connectivity index is 1.50. The molecule has 1 aliphatic heterocycles. The van der Waals surface area contributed by atoms with Gasteiger partial charge in [0.05, 0.1) is 21.2 Å². The van der Waals surface area contributed by atoms with Gasteiger partial charge in [-0.3, -0.25) is 19.7 Å². The average molecular weight is 516 g/mol. The highest BCUT2D eigenvalue weighted by molar-refractivity contribution is 6.53. The largest absolute Gasteiger partial charge is 0.416 e. The second kappa shape index (κ2) is 9.53. The number of halogens is 3. The van der Waals surface area contributed by atoms with E-state index in [1.807, 2.05) is 0 Å². The zero-order valence-electron chi connectivity index (χ0n) is 17.3. The lowest BCUT2D eigenvalue weighted by Gasteiger charge is -2.15. The Morgan fingerprint density at radius 1 is 1.00 bits per heavy atom. The minimum absolute atomic E-state index is 0.0365. The standard InChI is InChI=1S/C23H12Cl2FN3O6/c24-15-11-14(9-10-16(15)26)28-21(30)19(25)20(22(28)31)27-13-7-5-12(6-8-13)23(32)35-18-4-2-1-3-17(18)29(33)34/h1-11,27H. The fraction of sp³-hybridized carbons (Fsp3) is 0. The molecule has 0 radical (unpaired) electrons. The number of hydrogen-bond donors (Lipinski definition) is 1. The van der Waals surface area contributed by atoms with Crippen LogP contribution in [0.25, 0.3) is 0 Å². The maximum atomic E-state index is 13.5. The molecule has 1 N–H and O–H groups in total. The lowest BCUT2D eigenvalue weighted by Crippen LogP contribution is -2.32. The predicted molar refractivity (Wildman–Crippen MR) is 125 cm³/mol. The van der Waals surface area contributed by atoms with Crippen LogP contribution in [0.5, 0.6) is 5.75 Å². The number of nitrogens with one attached hydrogen (secondary N) is 1. The zero-order chi connectivity index (χ0) is 25.3. The summed E-state index contributed by atoms with van der Waals surface area (Å²) >= 11 is 11.8. The third-order valence-corrected chi connectivity index (χ3v) is 5.48. The minimum Gasteiger partial charge on any atom is -0.416 e. The number of rotatable bonds is 6. The summed E-state index contributed by atoms with van der Waals surface area (Å²) in [6.45, 7) is 0. The molecule has 176 valence electrons. The second-order valence-electron chi connectivity index (χ2n) is 7.05. The molecule has 0 unspecified atom stereocenters. The first-order valence-corrected chi connectivity index (χ1v) is 10.5. The molecule has 9 nitrogen and oxygen atoms in total. The van der Waals surface area contributed by atoms with E-state index in [-0.39, 0.29) is 33.4 Å². The normalized spacial score (nSPS) is 13.3. The molecule has 12 heteroatoms.